The topological polar surface area (TPSA) is 120 Å². The van der Waals surface area contributed by atoms with Crippen LogP contribution < -0.4 is 30.3 Å². The Morgan fingerprint density at radius 2 is 1.86 bits per heavy atom. The highest BCUT2D eigenvalue weighted by Crippen LogP contribution is 2.37. The summed E-state index contributed by atoms with van der Waals surface area (Å²) >= 11 is 17.8. The molecule has 0 aromatic heterocycles. The number of methoxy groups -OCH3 is 1. The summed E-state index contributed by atoms with van der Waals surface area (Å²) in [5.41, 5.74) is 5.40. The first-order valence-electron chi connectivity index (χ1n) is 13.4. The maximum absolute atomic E-state index is 12.7. The van der Waals surface area contributed by atoms with Crippen LogP contribution in [0.25, 0.3) is 0 Å². The maximum Gasteiger partial charge on any atom is 0.338 e. The lowest BCUT2D eigenvalue weighted by Crippen LogP contribution is -2.45. The van der Waals surface area contributed by atoms with Gasteiger partial charge in [0.15, 0.2) is 23.2 Å². The minimum atomic E-state index is -0.641. The molecule has 0 fully saturated rings. The molecule has 1 atom stereocenters. The minimum Gasteiger partial charge on any atom is -0.493 e. The van der Waals surface area contributed by atoms with Crippen LogP contribution in [0.1, 0.15) is 36.6 Å². The number of allylic oxidation sites excluding steroid dienone is 1. The molecule has 3 aromatic carbocycles. The van der Waals surface area contributed by atoms with Gasteiger partial charge in [-0.05, 0) is 67.5 Å². The van der Waals surface area contributed by atoms with Crippen molar-refractivity contribution in [2.75, 3.05) is 20.3 Å². The second-order valence-electron chi connectivity index (χ2n) is 9.36. The highest BCUT2D eigenvalue weighted by atomic mass is 35.5. The van der Waals surface area contributed by atoms with Crippen LogP contribution in [0.2, 0.25) is 10.0 Å². The van der Waals surface area contributed by atoms with Gasteiger partial charge in [-0.15, -0.1) is 0 Å². The van der Waals surface area contributed by atoms with E-state index in [2.05, 4.69) is 21.2 Å². The zero-order valence-corrected chi connectivity index (χ0v) is 26.4. The zero-order valence-electron chi connectivity index (χ0n) is 24.1. The molecular weight excluding hydrogens is 627 g/mol. The molecule has 1 aliphatic rings. The second-order valence-corrected chi connectivity index (χ2v) is 10.6. The molecule has 3 N–H and O–H groups in total. The quantitative estimate of drug-likeness (QED) is 0.101. The summed E-state index contributed by atoms with van der Waals surface area (Å²) in [7, 11) is 1.50. The van der Waals surface area contributed by atoms with E-state index < -0.39 is 17.9 Å². The fraction of sp³-hybridized carbons (Fsp3) is 0.226. The van der Waals surface area contributed by atoms with Crippen molar-refractivity contribution >= 4 is 58.6 Å². The number of para-hydroxylation sites is 1. The highest BCUT2D eigenvalue weighted by Gasteiger charge is 2.32. The molecule has 4 rings (SSSR count). The van der Waals surface area contributed by atoms with E-state index >= 15 is 0 Å². The number of carbonyl (C=O) groups excluding carboxylic acids is 2. The van der Waals surface area contributed by atoms with Gasteiger partial charge in [0.1, 0.15) is 12.4 Å². The molecule has 0 aliphatic carbocycles. The van der Waals surface area contributed by atoms with Crippen molar-refractivity contribution in [2.45, 2.75) is 26.5 Å². The van der Waals surface area contributed by atoms with E-state index in [9.17, 15) is 9.59 Å². The third-order valence-corrected chi connectivity index (χ3v) is 7.02. The molecular formula is C31H30Cl2N4O6S. The molecule has 0 bridgehead atoms. The van der Waals surface area contributed by atoms with E-state index in [0.29, 0.717) is 54.8 Å². The van der Waals surface area contributed by atoms with Crippen LogP contribution in [0.15, 0.2) is 77.0 Å². The summed E-state index contributed by atoms with van der Waals surface area (Å²) in [5.74, 6) is 0.138. The van der Waals surface area contributed by atoms with Crippen LogP contribution in [0, 0.1) is 0 Å². The number of hydrogen-bond donors (Lipinski definition) is 3. The summed E-state index contributed by atoms with van der Waals surface area (Å²) in [4.78, 5) is 25.3. The van der Waals surface area contributed by atoms with Gasteiger partial charge >= 0.3 is 5.97 Å². The fourth-order valence-electron chi connectivity index (χ4n) is 4.35. The highest BCUT2D eigenvalue weighted by molar-refractivity contribution is 7.80. The first-order valence-corrected chi connectivity index (χ1v) is 14.6. The number of rotatable bonds is 12. The van der Waals surface area contributed by atoms with Crippen LogP contribution in [0.4, 0.5) is 0 Å². The number of carbonyl (C=O) groups is 2. The van der Waals surface area contributed by atoms with E-state index in [-0.39, 0.29) is 19.8 Å². The summed E-state index contributed by atoms with van der Waals surface area (Å²) in [6.07, 6.45) is 1.42. The van der Waals surface area contributed by atoms with Crippen molar-refractivity contribution in [3.63, 3.8) is 0 Å². The van der Waals surface area contributed by atoms with Crippen molar-refractivity contribution in [1.82, 2.24) is 16.1 Å². The van der Waals surface area contributed by atoms with Crippen LogP contribution in [0.3, 0.4) is 0 Å². The molecule has 0 saturated carbocycles. The molecule has 1 amide bonds. The number of halogens is 2. The lowest BCUT2D eigenvalue weighted by molar-refractivity contribution is -0.139. The van der Waals surface area contributed by atoms with Crippen molar-refractivity contribution < 1.29 is 28.5 Å². The molecule has 0 radical (unpaired) electrons. The van der Waals surface area contributed by atoms with Crippen molar-refractivity contribution in [1.29, 1.82) is 0 Å². The number of thiocarbonyl (C=S) groups is 1. The number of nitrogens with one attached hydrogen (secondary N) is 3. The number of ether oxygens (including phenoxy) is 4. The normalized spacial score (nSPS) is 14.5. The van der Waals surface area contributed by atoms with Gasteiger partial charge in [0, 0.05) is 16.3 Å². The minimum absolute atomic E-state index is 0.215. The molecule has 0 unspecified atom stereocenters. The Kier molecular flexibility index (Phi) is 11.4. The third kappa shape index (κ3) is 8.40. The molecule has 1 heterocycles. The number of hydrogen-bond acceptors (Lipinski definition) is 8. The SMILES string of the molecule is CCOC(=O)C1=C(C)NC(=S)N[C@@H]1c1ccccc1OCC(=O)NN=Cc1cc(Cl)c(OCc2cccc(Cl)c2)c(OC)c1. The molecule has 0 spiro atoms. The lowest BCUT2D eigenvalue weighted by atomic mass is 9.95. The van der Waals surface area contributed by atoms with Crippen molar-refractivity contribution in [2.24, 2.45) is 5.10 Å². The predicted molar refractivity (Wildman–Crippen MR) is 172 cm³/mol. The lowest BCUT2D eigenvalue weighted by Gasteiger charge is -2.30. The first kappa shape index (κ1) is 32.6. The van der Waals surface area contributed by atoms with Crippen LogP contribution in [-0.2, 0) is 20.9 Å². The number of benzene rings is 3. The smallest absolute Gasteiger partial charge is 0.338 e. The van der Waals surface area contributed by atoms with E-state index in [1.165, 1.54) is 13.3 Å². The Bertz CT molecular complexity index is 1610. The average molecular weight is 658 g/mol. The summed E-state index contributed by atoms with van der Waals surface area (Å²) in [5, 5.41) is 11.3. The van der Waals surface area contributed by atoms with Crippen LogP contribution >= 0.6 is 35.4 Å². The monoisotopic (exact) mass is 656 g/mol. The number of esters is 1. The van der Waals surface area contributed by atoms with Gasteiger partial charge in [0.05, 0.1) is 36.6 Å². The van der Waals surface area contributed by atoms with E-state index in [0.717, 1.165) is 5.56 Å². The number of amides is 1. The zero-order chi connectivity index (χ0) is 31.6. The first-order chi connectivity index (χ1) is 21.2. The summed E-state index contributed by atoms with van der Waals surface area (Å²) in [6.45, 7) is 3.58. The van der Waals surface area contributed by atoms with Crippen LogP contribution in [0.5, 0.6) is 17.2 Å². The molecule has 3 aromatic rings. The fourth-order valence-corrected chi connectivity index (χ4v) is 5.11. The molecule has 13 heteroatoms. The molecule has 10 nitrogen and oxygen atoms in total. The van der Waals surface area contributed by atoms with Gasteiger partial charge in [-0.25, -0.2) is 10.2 Å². The molecule has 230 valence electrons. The van der Waals surface area contributed by atoms with Crippen molar-refractivity contribution in [3.05, 3.63) is 98.7 Å². The Morgan fingerprint density at radius 3 is 2.61 bits per heavy atom. The van der Waals surface area contributed by atoms with Gasteiger partial charge in [-0.1, -0.05) is 53.5 Å². The second kappa shape index (κ2) is 15.4. The van der Waals surface area contributed by atoms with E-state index in [1.54, 1.807) is 62.4 Å². The molecule has 0 saturated heterocycles. The largest absolute Gasteiger partial charge is 0.493 e. The Morgan fingerprint density at radius 1 is 1.07 bits per heavy atom. The molecule has 44 heavy (non-hydrogen) atoms. The van der Waals surface area contributed by atoms with E-state index in [4.69, 9.17) is 54.4 Å². The summed E-state index contributed by atoms with van der Waals surface area (Å²) in [6, 6.07) is 17.0. The van der Waals surface area contributed by atoms with Gasteiger partial charge in [0.2, 0.25) is 0 Å². The van der Waals surface area contributed by atoms with Gasteiger partial charge < -0.3 is 29.6 Å². The summed E-state index contributed by atoms with van der Waals surface area (Å²) < 4.78 is 22.4. The Labute approximate surface area is 270 Å². The Hall–Kier alpha value is -4.32. The van der Waals surface area contributed by atoms with Gasteiger partial charge in [0.25, 0.3) is 5.91 Å². The van der Waals surface area contributed by atoms with Crippen LogP contribution in [-0.4, -0.2) is 43.5 Å². The maximum atomic E-state index is 12.7. The standard InChI is InChI=1S/C31H30Cl2N4O6S/c1-4-41-30(39)27-18(2)35-31(44)36-28(27)22-10-5-6-11-24(22)42-17-26(38)37-34-15-20-13-23(33)29(25(14-20)40-3)43-16-19-8-7-9-21(32)12-19/h5-15,28H,4,16-17H2,1-3H3,(H,37,38)(H2,35,36,44)/t28-/m1/s1. The van der Waals surface area contributed by atoms with Gasteiger partial charge in [-0.2, -0.15) is 5.10 Å². The number of nitrogens with zero attached hydrogens (tertiary/aromatic N) is 1. The van der Waals surface area contributed by atoms with Gasteiger partial charge in [-0.3, -0.25) is 4.79 Å². The van der Waals surface area contributed by atoms with E-state index in [1.807, 2.05) is 12.1 Å². The third-order valence-electron chi connectivity index (χ3n) is 6.28. The predicted octanol–water partition coefficient (Wildman–Crippen LogP) is 5.47. The Balaban J connectivity index is 1.40. The molecule has 1 aliphatic heterocycles. The number of hydrazone groups is 1. The average Bonchev–Trinajstić information content (AvgIpc) is 2.99. The van der Waals surface area contributed by atoms with Crippen molar-refractivity contribution in [3.8, 4) is 17.2 Å².